The lowest BCUT2D eigenvalue weighted by Gasteiger charge is -2.09. The molecule has 3 aromatic rings. The molecule has 1 aromatic heterocycles. The van der Waals surface area contributed by atoms with Gasteiger partial charge in [-0.2, -0.15) is 0 Å². The van der Waals surface area contributed by atoms with Crippen LogP contribution in [0.15, 0.2) is 48.7 Å². The average Bonchev–Trinajstić information content (AvgIpc) is 2.96. The van der Waals surface area contributed by atoms with Crippen LogP contribution < -0.4 is 4.74 Å². The van der Waals surface area contributed by atoms with E-state index in [0.29, 0.717) is 17.5 Å². The monoisotopic (exact) mass is 265 g/mol. The number of fused-ring (bicyclic) bond motifs is 2. The lowest BCUT2D eigenvalue weighted by atomic mass is 10.0. The molecule has 98 valence electrons. The van der Waals surface area contributed by atoms with Crippen molar-refractivity contribution >= 4 is 10.9 Å². The van der Waals surface area contributed by atoms with Crippen LogP contribution in [-0.2, 0) is 6.42 Å². The Morgan fingerprint density at radius 3 is 2.95 bits per heavy atom. The Hall–Kier alpha value is -2.42. The molecule has 0 fully saturated rings. The summed E-state index contributed by atoms with van der Waals surface area (Å²) in [5, 5.41) is 0.542. The Kier molecular flexibility index (Phi) is 2.46. The van der Waals surface area contributed by atoms with E-state index < -0.39 is 0 Å². The van der Waals surface area contributed by atoms with Gasteiger partial charge in [-0.05, 0) is 23.8 Å². The molecule has 0 bridgehead atoms. The van der Waals surface area contributed by atoms with Gasteiger partial charge < -0.3 is 4.74 Å². The van der Waals surface area contributed by atoms with Gasteiger partial charge in [0.1, 0.15) is 11.6 Å². The van der Waals surface area contributed by atoms with Crippen molar-refractivity contribution in [2.75, 3.05) is 6.61 Å². The van der Waals surface area contributed by atoms with Crippen LogP contribution in [0.3, 0.4) is 0 Å². The van der Waals surface area contributed by atoms with E-state index in [4.69, 9.17) is 4.74 Å². The van der Waals surface area contributed by atoms with Gasteiger partial charge in [-0.15, -0.1) is 0 Å². The molecule has 0 unspecified atom stereocenters. The van der Waals surface area contributed by atoms with Crippen molar-refractivity contribution in [1.82, 2.24) is 4.98 Å². The van der Waals surface area contributed by atoms with Gasteiger partial charge in [0, 0.05) is 29.1 Å². The third kappa shape index (κ3) is 1.67. The summed E-state index contributed by atoms with van der Waals surface area (Å²) in [7, 11) is 0. The first kappa shape index (κ1) is 11.4. The molecule has 3 heteroatoms. The predicted octanol–water partition coefficient (Wildman–Crippen LogP) is 3.98. The van der Waals surface area contributed by atoms with Crippen LogP contribution in [0.2, 0.25) is 0 Å². The van der Waals surface area contributed by atoms with E-state index in [1.54, 1.807) is 12.3 Å². The maximum Gasteiger partial charge on any atom is 0.132 e. The lowest BCUT2D eigenvalue weighted by molar-refractivity contribution is 0.358. The molecule has 2 heterocycles. The molecule has 0 N–H and O–H groups in total. The molecule has 2 nitrogen and oxygen atoms in total. The van der Waals surface area contributed by atoms with E-state index in [0.717, 1.165) is 23.3 Å². The Bertz CT molecular complexity index is 813. The van der Waals surface area contributed by atoms with E-state index in [1.165, 1.54) is 11.6 Å². The number of para-hydroxylation sites is 1. The number of rotatable bonds is 1. The Labute approximate surface area is 115 Å². The van der Waals surface area contributed by atoms with Crippen LogP contribution in [0.4, 0.5) is 4.39 Å². The quantitative estimate of drug-likeness (QED) is 0.664. The van der Waals surface area contributed by atoms with E-state index in [1.807, 2.05) is 24.3 Å². The zero-order chi connectivity index (χ0) is 13.5. The van der Waals surface area contributed by atoms with Crippen LogP contribution in [0.25, 0.3) is 22.0 Å². The van der Waals surface area contributed by atoms with Crippen LogP contribution in [0.1, 0.15) is 5.56 Å². The van der Waals surface area contributed by atoms with E-state index in [2.05, 4.69) is 11.1 Å². The summed E-state index contributed by atoms with van der Waals surface area (Å²) in [6.07, 6.45) is 2.71. The van der Waals surface area contributed by atoms with E-state index in [9.17, 15) is 4.39 Å². The van der Waals surface area contributed by atoms with Gasteiger partial charge in [0.25, 0.3) is 0 Å². The number of benzene rings is 2. The second-order valence-corrected chi connectivity index (χ2v) is 4.92. The standard InChI is InChI=1S/C17H12FNO/c18-15-5-2-6-16-14(15)9-12(10-19-16)13-4-1-3-11-7-8-20-17(11)13/h1-6,9-10H,7-8H2. The van der Waals surface area contributed by atoms with Crippen molar-refractivity contribution in [3.8, 4) is 16.9 Å². The molecule has 0 atom stereocenters. The second kappa shape index (κ2) is 4.30. The number of ether oxygens (including phenoxy) is 1. The minimum absolute atomic E-state index is 0.245. The number of aromatic nitrogens is 1. The zero-order valence-electron chi connectivity index (χ0n) is 10.8. The summed E-state index contributed by atoms with van der Waals surface area (Å²) in [5.41, 5.74) is 3.75. The molecule has 20 heavy (non-hydrogen) atoms. The summed E-state index contributed by atoms with van der Waals surface area (Å²) in [6.45, 7) is 0.710. The van der Waals surface area contributed by atoms with Crippen molar-refractivity contribution < 1.29 is 9.13 Å². The highest BCUT2D eigenvalue weighted by atomic mass is 19.1. The van der Waals surface area contributed by atoms with Gasteiger partial charge in [0.15, 0.2) is 0 Å². The fraction of sp³-hybridized carbons (Fsp3) is 0.118. The van der Waals surface area contributed by atoms with Gasteiger partial charge in [-0.25, -0.2) is 4.39 Å². The highest BCUT2D eigenvalue weighted by molar-refractivity contribution is 5.85. The third-order valence-corrected chi connectivity index (χ3v) is 3.70. The first-order valence-electron chi connectivity index (χ1n) is 6.62. The van der Waals surface area contributed by atoms with Gasteiger partial charge in [-0.1, -0.05) is 24.3 Å². The predicted molar refractivity (Wildman–Crippen MR) is 76.3 cm³/mol. The Morgan fingerprint density at radius 1 is 1.10 bits per heavy atom. The molecule has 0 aliphatic carbocycles. The fourth-order valence-electron chi connectivity index (χ4n) is 2.70. The van der Waals surface area contributed by atoms with Gasteiger partial charge in [-0.3, -0.25) is 4.98 Å². The maximum absolute atomic E-state index is 13.9. The Balaban J connectivity index is 1.95. The number of pyridine rings is 1. The molecule has 0 amide bonds. The molecular formula is C17H12FNO. The summed E-state index contributed by atoms with van der Waals surface area (Å²) < 4.78 is 19.6. The third-order valence-electron chi connectivity index (χ3n) is 3.70. The molecule has 0 saturated carbocycles. The largest absolute Gasteiger partial charge is 0.492 e. The summed E-state index contributed by atoms with van der Waals surface area (Å²) >= 11 is 0. The summed E-state index contributed by atoms with van der Waals surface area (Å²) in [4.78, 5) is 4.35. The van der Waals surface area contributed by atoms with Crippen LogP contribution in [-0.4, -0.2) is 11.6 Å². The molecule has 4 rings (SSSR count). The fourth-order valence-corrected chi connectivity index (χ4v) is 2.70. The molecule has 2 aromatic carbocycles. The molecule has 0 saturated heterocycles. The van der Waals surface area contributed by atoms with Crippen molar-refractivity contribution in [2.45, 2.75) is 6.42 Å². The van der Waals surface area contributed by atoms with Gasteiger partial charge >= 0.3 is 0 Å². The molecule has 0 spiro atoms. The van der Waals surface area contributed by atoms with E-state index in [-0.39, 0.29) is 5.82 Å². The number of hydrogen-bond donors (Lipinski definition) is 0. The highest BCUT2D eigenvalue weighted by Crippen LogP contribution is 2.37. The van der Waals surface area contributed by atoms with E-state index >= 15 is 0 Å². The highest BCUT2D eigenvalue weighted by Gasteiger charge is 2.17. The van der Waals surface area contributed by atoms with Crippen LogP contribution in [0.5, 0.6) is 5.75 Å². The van der Waals surface area contributed by atoms with Gasteiger partial charge in [0.2, 0.25) is 0 Å². The maximum atomic E-state index is 13.9. The first-order chi connectivity index (χ1) is 9.83. The zero-order valence-corrected chi connectivity index (χ0v) is 10.8. The smallest absolute Gasteiger partial charge is 0.132 e. The number of halogens is 1. The molecular weight excluding hydrogens is 253 g/mol. The van der Waals surface area contributed by atoms with Crippen LogP contribution >= 0.6 is 0 Å². The first-order valence-corrected chi connectivity index (χ1v) is 6.62. The average molecular weight is 265 g/mol. The minimum Gasteiger partial charge on any atom is -0.492 e. The minimum atomic E-state index is -0.245. The van der Waals surface area contributed by atoms with Crippen molar-refractivity contribution in [3.63, 3.8) is 0 Å². The van der Waals surface area contributed by atoms with Crippen molar-refractivity contribution in [1.29, 1.82) is 0 Å². The summed E-state index contributed by atoms with van der Waals surface area (Å²) in [6, 6.07) is 12.9. The number of nitrogens with zero attached hydrogens (tertiary/aromatic N) is 1. The SMILES string of the molecule is Fc1cccc2ncc(-c3cccc4c3OCC4)cc12. The summed E-state index contributed by atoms with van der Waals surface area (Å²) in [5.74, 6) is 0.662. The molecule has 0 radical (unpaired) electrons. The normalized spacial score (nSPS) is 13.2. The molecule has 1 aliphatic rings. The molecule has 1 aliphatic heterocycles. The topological polar surface area (TPSA) is 22.1 Å². The lowest BCUT2D eigenvalue weighted by Crippen LogP contribution is -1.90. The van der Waals surface area contributed by atoms with Crippen molar-refractivity contribution in [3.05, 3.63) is 60.0 Å². The van der Waals surface area contributed by atoms with Gasteiger partial charge in [0.05, 0.1) is 12.1 Å². The van der Waals surface area contributed by atoms with Crippen molar-refractivity contribution in [2.24, 2.45) is 0 Å². The Morgan fingerprint density at radius 2 is 2.00 bits per heavy atom. The second-order valence-electron chi connectivity index (χ2n) is 4.92. The van der Waals surface area contributed by atoms with Crippen LogP contribution in [0, 0.1) is 5.82 Å². The number of hydrogen-bond acceptors (Lipinski definition) is 2.